The highest BCUT2D eigenvalue weighted by atomic mass is 79.9. The van der Waals surface area contributed by atoms with Gasteiger partial charge < -0.3 is 71.3 Å². The molecule has 448 valence electrons. The summed E-state index contributed by atoms with van der Waals surface area (Å²) in [5.74, 6) is -2.64. The predicted molar refractivity (Wildman–Crippen MR) is 310 cm³/mol. The van der Waals surface area contributed by atoms with Crippen molar-refractivity contribution in [3.63, 3.8) is 0 Å². The van der Waals surface area contributed by atoms with Crippen LogP contribution in [0.25, 0.3) is 0 Å². The predicted octanol–water partition coefficient (Wildman–Crippen LogP) is 4.86. The van der Waals surface area contributed by atoms with Crippen LogP contribution in [0.5, 0.6) is 5.75 Å². The summed E-state index contributed by atoms with van der Waals surface area (Å²) in [7, 11) is 0. The Hall–Kier alpha value is -7.60. The molecule has 85 heavy (non-hydrogen) atoms. The maximum absolute atomic E-state index is 13.1. The summed E-state index contributed by atoms with van der Waals surface area (Å²) >= 11 is 9.75. The molecule has 25 nitrogen and oxygen atoms in total. The normalized spacial score (nSPS) is 22.3. The molecule has 3 amide bonds. The largest absolute Gasteiger partial charge is 0.483 e. The number of hydrogen-bond acceptors (Lipinski definition) is 17. The van der Waals surface area contributed by atoms with Crippen molar-refractivity contribution in [2.24, 2.45) is 0 Å². The van der Waals surface area contributed by atoms with Crippen LogP contribution >= 0.6 is 47.8 Å². The number of ether oxygens (including phenoxy) is 5. The molecule has 0 saturated carbocycles. The van der Waals surface area contributed by atoms with Crippen molar-refractivity contribution in [2.45, 2.75) is 116 Å². The minimum Gasteiger partial charge on any atom is -0.483 e. The van der Waals surface area contributed by atoms with Crippen molar-refractivity contribution in [1.29, 1.82) is 0 Å². The molecule has 0 radical (unpaired) electrons. The van der Waals surface area contributed by atoms with Crippen LogP contribution in [0.2, 0.25) is 0 Å². The molecule has 2 N–H and O–H groups in total. The van der Waals surface area contributed by atoms with Crippen LogP contribution in [-0.4, -0.2) is 136 Å². The number of aliphatic hydroxyl groups is 1. The Bertz CT molecular complexity index is 3870. The van der Waals surface area contributed by atoms with Gasteiger partial charge in [0.2, 0.25) is 22.9 Å². The van der Waals surface area contributed by atoms with Crippen molar-refractivity contribution in [3.8, 4) is 5.75 Å². The third kappa shape index (κ3) is 13.7. The number of hydrogen-bond donors (Lipinski definition) is 2. The van der Waals surface area contributed by atoms with Gasteiger partial charge in [-0.25, -0.2) is 9.59 Å². The first-order valence-electron chi connectivity index (χ1n) is 26.7. The van der Waals surface area contributed by atoms with Gasteiger partial charge in [0.05, 0.1) is 65.7 Å². The summed E-state index contributed by atoms with van der Waals surface area (Å²) in [5.41, 5.74) is 1.000. The molecule has 3 fully saturated rings. The summed E-state index contributed by atoms with van der Waals surface area (Å²) in [6.07, 6.45) is 8.04. The first-order chi connectivity index (χ1) is 40.6. The number of carbonyl (C=O) groups excluding carboxylic acids is 4. The molecule has 0 spiro atoms. The van der Waals surface area contributed by atoms with Crippen LogP contribution in [0.15, 0.2) is 140 Å². The Morgan fingerprint density at radius 1 is 0.588 bits per heavy atom. The Morgan fingerprint density at radius 2 is 1.07 bits per heavy atom. The average Bonchev–Trinajstić information content (AvgIpc) is 1.65. The zero-order valence-electron chi connectivity index (χ0n) is 45.7. The van der Waals surface area contributed by atoms with Gasteiger partial charge in [-0.3, -0.25) is 38.4 Å². The lowest BCUT2D eigenvalue weighted by atomic mass is 10.1. The zero-order valence-corrected chi connectivity index (χ0v) is 50.5. The molecule has 28 heteroatoms. The molecule has 1 aromatic carbocycles. The van der Waals surface area contributed by atoms with E-state index < -0.39 is 18.2 Å². The van der Waals surface area contributed by atoms with Crippen molar-refractivity contribution in [2.75, 3.05) is 19.8 Å². The maximum atomic E-state index is 13.1. The van der Waals surface area contributed by atoms with Gasteiger partial charge in [-0.15, -0.1) is 0 Å². The highest BCUT2D eigenvalue weighted by Crippen LogP contribution is 2.32. The summed E-state index contributed by atoms with van der Waals surface area (Å²) in [5, 5.41) is 17.3. The lowest BCUT2D eigenvalue weighted by Gasteiger charge is -2.44. The second-order valence-corrected chi connectivity index (χ2v) is 22.9. The quantitative estimate of drug-likeness (QED) is 0.223. The van der Waals surface area contributed by atoms with E-state index in [0.29, 0.717) is 70.0 Å². The van der Waals surface area contributed by atoms with Gasteiger partial charge in [0, 0.05) is 79.3 Å². The van der Waals surface area contributed by atoms with E-state index in [1.54, 1.807) is 47.0 Å². The molecule has 7 atom stereocenters. The number of aliphatic hydroxyl groups excluding tert-OH is 1. The summed E-state index contributed by atoms with van der Waals surface area (Å²) in [6, 6.07) is 17.4. The number of carboxylic acid groups (broad SMARTS) is 1. The molecule has 7 aliphatic heterocycles. The number of aromatic carboxylic acids is 1. The zero-order chi connectivity index (χ0) is 61.0. The van der Waals surface area contributed by atoms with Crippen molar-refractivity contribution >= 4 is 77.4 Å². The highest BCUT2D eigenvalue weighted by Gasteiger charge is 2.43. The van der Waals surface area contributed by atoms with Crippen molar-refractivity contribution < 1.29 is 62.3 Å². The van der Waals surface area contributed by atoms with Gasteiger partial charge >= 0.3 is 11.9 Å². The van der Waals surface area contributed by atoms with E-state index >= 15 is 0 Å². The van der Waals surface area contributed by atoms with E-state index in [1.807, 2.05) is 51.1 Å². The third-order valence-corrected chi connectivity index (χ3v) is 16.5. The van der Waals surface area contributed by atoms with Crippen LogP contribution in [0.1, 0.15) is 98.1 Å². The molecule has 0 aliphatic carbocycles. The van der Waals surface area contributed by atoms with E-state index in [4.69, 9.17) is 29.2 Å². The Balaban J connectivity index is 0.000000132. The molecule has 0 bridgehead atoms. The van der Waals surface area contributed by atoms with Gasteiger partial charge in [0.15, 0.2) is 46.4 Å². The topological polar surface area (TPSA) is 300 Å². The Morgan fingerprint density at radius 3 is 1.61 bits per heavy atom. The first kappa shape index (κ1) is 61.9. The maximum Gasteiger partial charge on any atom is 0.371 e. The standard InChI is InChI=1S/C19H19BrN2O4.C12H12Br2N2O3.C12H14N2O3.C8H7NO4.C6H4O4/c1-12-7-8-25-15-10-21-9-14(20)17(23)18(16(21)19(24)22(12)15)26-11-13-5-3-2-4-6-13;1-6-2-3-19-8-5-15-4-7(13)11(17)9(14)10(15)12(18)16(6)8;1-8-3-5-17-11-7-13-4-2-9(15)6-10(13)12(16)14(8)11;10-5-1-2-9-4-7(11)13-8(12)6(9)3-5;7-4-1-2-10-5(3-4)6(8)9/h2-6,9,12,15H,7-8,10-11H2,1H3;4,6,8H,2-3,5H2,1H3;2,4,6,8,11H,3,5,7H2,1H3;1-3,7,11H,4H2;1-3H,(H,8,9)/t12-,15?;6-,8?;8-,11?;;/m111../s1. The highest BCUT2D eigenvalue weighted by molar-refractivity contribution is 9.11. The summed E-state index contributed by atoms with van der Waals surface area (Å²) in [6.45, 7) is 10.0. The molecule has 13 rings (SSSR count). The van der Waals surface area contributed by atoms with Crippen LogP contribution < -0.4 is 31.9 Å². The van der Waals surface area contributed by atoms with Gasteiger partial charge in [-0.2, -0.15) is 0 Å². The second-order valence-electron chi connectivity index (χ2n) is 20.4. The smallest absolute Gasteiger partial charge is 0.371 e. The number of halogens is 3. The Kier molecular flexibility index (Phi) is 19.5. The van der Waals surface area contributed by atoms with Crippen molar-refractivity contribution in [1.82, 2.24) is 33.0 Å². The number of pyridine rings is 4. The lowest BCUT2D eigenvalue weighted by Crippen LogP contribution is -2.57. The minimum atomic E-state index is -1.24. The van der Waals surface area contributed by atoms with Crippen LogP contribution in [0.3, 0.4) is 0 Å². The monoisotopic (exact) mass is 1360 g/mol. The lowest BCUT2D eigenvalue weighted by molar-refractivity contribution is -0.112. The van der Waals surface area contributed by atoms with Gasteiger partial charge in [0.25, 0.3) is 17.7 Å². The number of nitrogens with zero attached hydrogens (tertiary/aromatic N) is 7. The van der Waals surface area contributed by atoms with E-state index in [2.05, 4.69) is 56.9 Å². The number of esters is 1. The van der Waals surface area contributed by atoms with Crippen LogP contribution in [0, 0.1) is 0 Å². The molecule has 3 saturated heterocycles. The number of carboxylic acids is 1. The number of amides is 3. The fourth-order valence-electron chi connectivity index (χ4n) is 10.3. The Labute approximate surface area is 507 Å². The third-order valence-electron chi connectivity index (χ3n) is 14.6. The van der Waals surface area contributed by atoms with Crippen LogP contribution in [-0.2, 0) is 51.7 Å². The number of cyclic esters (lactones) is 1. The van der Waals surface area contributed by atoms with E-state index in [1.165, 1.54) is 35.0 Å². The van der Waals surface area contributed by atoms with Gasteiger partial charge in [-0.1, -0.05) is 30.3 Å². The SMILES string of the molecule is C[C@@H]1CCOC2Cn3cc(Br)c(=O)c(Br)c3C(=O)N21.C[C@@H]1CCOC2Cn3cc(Br)c(=O)c(OCc4ccccc4)c3C(=O)N21.C[C@@H]1CCOC2Cn3ccc(=O)cc3C(=O)N21.O=C(O)c1cc(=O)cco1.O=C1OC(O)Cn2ccc(=O)cc21. The van der Waals surface area contributed by atoms with Crippen molar-refractivity contribution in [3.05, 3.63) is 196 Å². The number of aromatic nitrogens is 4. The molecule has 5 aromatic heterocycles. The number of rotatable bonds is 4. The van der Waals surface area contributed by atoms with Gasteiger partial charge in [0.1, 0.15) is 23.7 Å². The first-order valence-corrected chi connectivity index (χ1v) is 29.1. The van der Waals surface area contributed by atoms with E-state index in [9.17, 15) is 47.9 Å². The fourth-order valence-corrected chi connectivity index (χ4v) is 12.1. The molecule has 7 aliphatic rings. The number of fused-ring (bicyclic) bond motifs is 7. The fraction of sp³-hybridized carbons (Fsp3) is 0.368. The number of carbonyl (C=O) groups is 5. The van der Waals surface area contributed by atoms with E-state index in [0.717, 1.165) is 43.2 Å². The summed E-state index contributed by atoms with van der Waals surface area (Å²) < 4.78 is 39.8. The van der Waals surface area contributed by atoms with E-state index in [-0.39, 0.29) is 112 Å². The molecule has 4 unspecified atom stereocenters. The minimum absolute atomic E-state index is 0.0655. The molecule has 12 heterocycles. The summed E-state index contributed by atoms with van der Waals surface area (Å²) in [4.78, 5) is 122. The number of benzene rings is 1. The van der Waals surface area contributed by atoms with Crippen LogP contribution in [0.4, 0.5) is 0 Å². The molecular weight excluding hydrogens is 1310 g/mol. The second kappa shape index (κ2) is 26.8. The molecule has 6 aromatic rings. The molecular formula is C57H56Br3N7O18. The van der Waals surface area contributed by atoms with Gasteiger partial charge in [-0.05, 0) is 93.4 Å². The average molecular weight is 1370 g/mol.